The molecule has 3 saturated carbocycles. The van der Waals surface area contributed by atoms with E-state index >= 15 is 4.39 Å². The summed E-state index contributed by atoms with van der Waals surface area (Å²) in [5.41, 5.74) is 4.14. The lowest BCUT2D eigenvalue weighted by molar-refractivity contribution is 0.176. The number of rotatable bonds is 5. The van der Waals surface area contributed by atoms with Gasteiger partial charge in [-0.3, -0.25) is 0 Å². The molecule has 0 N–H and O–H groups in total. The molecule has 0 radical (unpaired) electrons. The Bertz CT molecular complexity index is 971. The third-order valence-corrected chi connectivity index (χ3v) is 10.2. The minimum Gasteiger partial charge on any atom is -0.207 e. The molecule has 0 nitrogen and oxygen atoms in total. The van der Waals surface area contributed by atoms with Crippen LogP contribution in [0.3, 0.4) is 0 Å². The Hall–Kier alpha value is -1.70. The second-order valence-electron chi connectivity index (χ2n) is 12.1. The van der Waals surface area contributed by atoms with Crippen LogP contribution in [-0.4, -0.2) is 0 Å². The molecule has 2 heteroatoms. The quantitative estimate of drug-likeness (QED) is 0.401. The molecule has 0 amide bonds. The Morgan fingerprint density at radius 1 is 0.600 bits per heavy atom. The van der Waals surface area contributed by atoms with Crippen LogP contribution in [0.4, 0.5) is 8.78 Å². The molecule has 3 aliphatic rings. The number of hydrogen-bond acceptors (Lipinski definition) is 0. The minimum absolute atomic E-state index is 0.0504. The maximum atomic E-state index is 15.2. The highest BCUT2D eigenvalue weighted by Gasteiger charge is 2.32. The average Bonchev–Trinajstić information content (AvgIpc) is 2.90. The Morgan fingerprint density at radius 3 is 1.60 bits per heavy atom. The lowest BCUT2D eigenvalue weighted by Gasteiger charge is -2.38. The summed E-state index contributed by atoms with van der Waals surface area (Å²) >= 11 is 0. The molecule has 35 heavy (non-hydrogen) atoms. The van der Waals surface area contributed by atoms with Gasteiger partial charge in [0.05, 0.1) is 0 Å². The van der Waals surface area contributed by atoms with Gasteiger partial charge in [-0.05, 0) is 154 Å². The lowest BCUT2D eigenvalue weighted by atomic mass is 9.67. The molecule has 0 bridgehead atoms. The maximum absolute atomic E-state index is 15.2. The monoisotopic (exact) mass is 478 g/mol. The summed E-state index contributed by atoms with van der Waals surface area (Å²) in [5.74, 6) is 3.92. The molecular weight excluding hydrogens is 434 g/mol. The summed E-state index contributed by atoms with van der Waals surface area (Å²) in [7, 11) is 0. The Balaban J connectivity index is 1.12. The van der Waals surface area contributed by atoms with Gasteiger partial charge in [-0.2, -0.15) is 0 Å². The highest BCUT2D eigenvalue weighted by atomic mass is 19.1. The van der Waals surface area contributed by atoms with Gasteiger partial charge >= 0.3 is 0 Å². The summed E-state index contributed by atoms with van der Waals surface area (Å²) in [4.78, 5) is 0. The fourth-order valence-electron chi connectivity index (χ4n) is 7.72. The van der Waals surface area contributed by atoms with Crippen molar-refractivity contribution >= 4 is 0 Å². The van der Waals surface area contributed by atoms with Crippen molar-refractivity contribution < 1.29 is 8.78 Å². The first-order valence-corrected chi connectivity index (χ1v) is 14.6. The van der Waals surface area contributed by atoms with Crippen LogP contribution in [0.5, 0.6) is 0 Å². The second-order valence-corrected chi connectivity index (χ2v) is 12.1. The molecule has 0 atom stereocenters. The van der Waals surface area contributed by atoms with Gasteiger partial charge in [0, 0.05) is 0 Å². The zero-order valence-corrected chi connectivity index (χ0v) is 21.9. The van der Waals surface area contributed by atoms with E-state index in [4.69, 9.17) is 0 Å². The van der Waals surface area contributed by atoms with Gasteiger partial charge in [-0.25, -0.2) is 8.78 Å². The Kier molecular flexibility index (Phi) is 7.95. The summed E-state index contributed by atoms with van der Waals surface area (Å²) in [6.45, 7) is 4.14. The number of halogens is 2. The topological polar surface area (TPSA) is 0 Å². The van der Waals surface area contributed by atoms with Crippen LogP contribution >= 0.6 is 0 Å². The predicted molar refractivity (Wildman–Crippen MR) is 142 cm³/mol. The molecule has 2 aromatic carbocycles. The molecule has 0 unspecified atom stereocenters. The summed E-state index contributed by atoms with van der Waals surface area (Å²) in [6, 6.07) is 12.1. The van der Waals surface area contributed by atoms with Crippen molar-refractivity contribution in [2.24, 2.45) is 17.8 Å². The molecule has 0 saturated heterocycles. The largest absolute Gasteiger partial charge is 0.207 e. The van der Waals surface area contributed by atoms with Crippen LogP contribution in [0.15, 0.2) is 36.4 Å². The molecule has 2 aromatic rings. The van der Waals surface area contributed by atoms with E-state index in [0.717, 1.165) is 41.7 Å². The average molecular weight is 479 g/mol. The first-order valence-electron chi connectivity index (χ1n) is 14.6. The molecule has 0 spiro atoms. The van der Waals surface area contributed by atoms with Crippen molar-refractivity contribution in [3.8, 4) is 0 Å². The second kappa shape index (κ2) is 11.1. The fraction of sp³-hybridized carbons (Fsp3) is 0.636. The van der Waals surface area contributed by atoms with Crippen LogP contribution in [0.25, 0.3) is 0 Å². The van der Waals surface area contributed by atoms with Gasteiger partial charge < -0.3 is 0 Å². The van der Waals surface area contributed by atoms with Crippen molar-refractivity contribution in [3.05, 3.63) is 70.3 Å². The van der Waals surface area contributed by atoms with Crippen molar-refractivity contribution in [1.29, 1.82) is 0 Å². The van der Waals surface area contributed by atoms with Crippen molar-refractivity contribution in [2.75, 3.05) is 0 Å². The highest BCUT2D eigenvalue weighted by Crippen LogP contribution is 2.46. The Labute approximate surface area is 211 Å². The van der Waals surface area contributed by atoms with E-state index in [1.165, 1.54) is 81.8 Å². The molecule has 190 valence electrons. The van der Waals surface area contributed by atoms with Gasteiger partial charge in [0.1, 0.15) is 11.6 Å². The van der Waals surface area contributed by atoms with E-state index < -0.39 is 0 Å². The minimum atomic E-state index is -0.0629. The molecule has 0 aromatic heterocycles. The predicted octanol–water partition coefficient (Wildman–Crippen LogP) is 10.2. The molecule has 0 heterocycles. The SMILES string of the molecule is CCC1CCC(c2ccc(C3CCC(C4CCC(c5ccc(C)c(F)c5)CC4)CC3)c(F)c2)CC1. The van der Waals surface area contributed by atoms with Gasteiger partial charge in [0.2, 0.25) is 0 Å². The first-order chi connectivity index (χ1) is 17.0. The van der Waals surface area contributed by atoms with Gasteiger partial charge in [-0.15, -0.1) is 0 Å². The van der Waals surface area contributed by atoms with E-state index in [9.17, 15) is 4.39 Å². The van der Waals surface area contributed by atoms with Crippen molar-refractivity contribution in [1.82, 2.24) is 0 Å². The molecule has 3 fully saturated rings. The summed E-state index contributed by atoms with van der Waals surface area (Å²) in [6.07, 6.45) is 16.0. The van der Waals surface area contributed by atoms with Gasteiger partial charge in [-0.1, -0.05) is 37.6 Å². The van der Waals surface area contributed by atoms with Crippen LogP contribution in [0, 0.1) is 36.3 Å². The molecular formula is C33H44F2. The van der Waals surface area contributed by atoms with Gasteiger partial charge in [0.25, 0.3) is 0 Å². The Morgan fingerprint density at radius 2 is 1.09 bits per heavy atom. The van der Waals surface area contributed by atoms with Crippen molar-refractivity contribution in [3.63, 3.8) is 0 Å². The van der Waals surface area contributed by atoms with Crippen LogP contribution in [0.2, 0.25) is 0 Å². The molecule has 0 aliphatic heterocycles. The summed E-state index contributed by atoms with van der Waals surface area (Å²) in [5, 5.41) is 0. The standard InChI is InChI=1S/C33H44F2/c1-3-23-5-8-26(9-6-23)30-18-19-31(33(35)21-30)28-16-14-25(15-17-28)24-10-12-27(13-11-24)29-7-4-22(2)32(34)20-29/h4,7,18-21,23-28H,3,5-6,8-17H2,1-2H3. The lowest BCUT2D eigenvalue weighted by Crippen LogP contribution is -2.25. The normalized spacial score (nSPS) is 31.9. The van der Waals surface area contributed by atoms with Crippen LogP contribution < -0.4 is 0 Å². The first kappa shape index (κ1) is 25.0. The number of aryl methyl sites for hydroxylation is 1. The van der Waals surface area contributed by atoms with E-state index in [1.54, 1.807) is 6.07 Å². The zero-order valence-electron chi connectivity index (χ0n) is 21.9. The van der Waals surface area contributed by atoms with E-state index in [-0.39, 0.29) is 11.6 Å². The fourth-order valence-corrected chi connectivity index (χ4v) is 7.72. The maximum Gasteiger partial charge on any atom is 0.126 e. The molecule has 3 aliphatic carbocycles. The van der Waals surface area contributed by atoms with E-state index in [0.29, 0.717) is 17.8 Å². The van der Waals surface area contributed by atoms with Crippen LogP contribution in [0.1, 0.15) is 130 Å². The highest BCUT2D eigenvalue weighted by molar-refractivity contribution is 5.30. The number of hydrogen-bond donors (Lipinski definition) is 0. The molecule has 5 rings (SSSR count). The van der Waals surface area contributed by atoms with E-state index in [2.05, 4.69) is 25.1 Å². The van der Waals surface area contributed by atoms with E-state index in [1.807, 2.05) is 19.1 Å². The van der Waals surface area contributed by atoms with Gasteiger partial charge in [0.15, 0.2) is 0 Å². The third kappa shape index (κ3) is 5.67. The third-order valence-electron chi connectivity index (χ3n) is 10.2. The summed E-state index contributed by atoms with van der Waals surface area (Å²) < 4.78 is 29.2. The van der Waals surface area contributed by atoms with Crippen molar-refractivity contribution in [2.45, 2.75) is 115 Å². The smallest absolute Gasteiger partial charge is 0.126 e. The van der Waals surface area contributed by atoms with Crippen LogP contribution in [-0.2, 0) is 0 Å². The number of benzene rings is 2. The zero-order chi connectivity index (χ0) is 24.4.